The van der Waals surface area contributed by atoms with Gasteiger partial charge in [0.05, 0.1) is 18.4 Å². The van der Waals surface area contributed by atoms with Crippen LogP contribution in [-0.4, -0.2) is 23.8 Å². The Morgan fingerprint density at radius 2 is 2.21 bits per heavy atom. The van der Waals surface area contributed by atoms with Crippen molar-refractivity contribution in [2.24, 2.45) is 4.99 Å². The van der Waals surface area contributed by atoms with E-state index < -0.39 is 4.92 Å². The van der Waals surface area contributed by atoms with Crippen LogP contribution in [0.1, 0.15) is 30.2 Å². The topological polar surface area (TPSA) is 77.9 Å². The smallest absolute Gasteiger partial charge is 0.433 e. The third-order valence-electron chi connectivity index (χ3n) is 3.69. The summed E-state index contributed by atoms with van der Waals surface area (Å²) in [4.78, 5) is 14.6. The third kappa shape index (κ3) is 3.53. The Balaban J connectivity index is 1.79. The van der Waals surface area contributed by atoms with E-state index in [1.807, 2.05) is 18.2 Å². The lowest BCUT2D eigenvalue weighted by Crippen LogP contribution is -2.11. The van der Waals surface area contributed by atoms with Gasteiger partial charge in [-0.05, 0) is 54.8 Å². The molecule has 0 fully saturated rings. The fourth-order valence-corrected chi connectivity index (χ4v) is 2.55. The van der Waals surface area contributed by atoms with E-state index in [2.05, 4.69) is 18.0 Å². The van der Waals surface area contributed by atoms with Crippen molar-refractivity contribution in [3.05, 3.63) is 63.4 Å². The van der Waals surface area contributed by atoms with Gasteiger partial charge in [-0.3, -0.25) is 15.1 Å². The average Bonchev–Trinajstić information content (AvgIpc) is 3.07. The highest BCUT2D eigenvalue weighted by Crippen LogP contribution is 2.24. The van der Waals surface area contributed by atoms with Gasteiger partial charge in [-0.1, -0.05) is 6.92 Å². The zero-order valence-electron chi connectivity index (χ0n) is 13.4. The second-order valence-corrected chi connectivity index (χ2v) is 5.45. The van der Waals surface area contributed by atoms with Crippen LogP contribution in [-0.2, 0) is 6.42 Å². The molecule has 0 aliphatic carbocycles. The van der Waals surface area contributed by atoms with Gasteiger partial charge in [0.1, 0.15) is 16.4 Å². The van der Waals surface area contributed by atoms with Crippen LogP contribution >= 0.6 is 0 Å². The molecule has 6 heteroatoms. The van der Waals surface area contributed by atoms with Crippen molar-refractivity contribution < 1.29 is 14.1 Å². The first kappa shape index (κ1) is 16.0. The van der Waals surface area contributed by atoms with Crippen molar-refractivity contribution in [2.45, 2.75) is 19.8 Å². The van der Waals surface area contributed by atoms with Gasteiger partial charge in [-0.2, -0.15) is 0 Å². The molecule has 1 aliphatic rings. The number of ether oxygens (including phenoxy) is 1. The highest BCUT2D eigenvalue weighted by atomic mass is 16.6. The molecule has 0 unspecified atom stereocenters. The molecular weight excluding hydrogens is 308 g/mol. The van der Waals surface area contributed by atoms with E-state index in [1.165, 1.54) is 11.6 Å². The van der Waals surface area contributed by atoms with Crippen molar-refractivity contribution >= 4 is 17.7 Å². The summed E-state index contributed by atoms with van der Waals surface area (Å²) in [5.74, 6) is 1.04. The number of hydrogen-bond acceptors (Lipinski definition) is 5. The third-order valence-corrected chi connectivity index (χ3v) is 3.69. The molecule has 1 aromatic carbocycles. The van der Waals surface area contributed by atoms with Crippen molar-refractivity contribution in [3.8, 4) is 5.75 Å². The average molecular weight is 326 g/mol. The van der Waals surface area contributed by atoms with E-state index in [0.717, 1.165) is 29.9 Å². The standard InChI is InChI=1S/C18H18N2O4/c1-2-11-23-15-3-6-16-13(12-15)9-10-19-17(16)7-4-14-5-8-18(24-14)20(21)22/h3-8,12H,2,9-11H2,1H3. The molecular formula is C18H18N2O4. The van der Waals surface area contributed by atoms with E-state index in [4.69, 9.17) is 9.15 Å². The van der Waals surface area contributed by atoms with E-state index in [0.29, 0.717) is 18.9 Å². The molecule has 0 spiro atoms. The minimum atomic E-state index is -0.553. The molecule has 0 saturated heterocycles. The lowest BCUT2D eigenvalue weighted by atomic mass is 9.97. The van der Waals surface area contributed by atoms with Gasteiger partial charge in [-0.15, -0.1) is 0 Å². The SMILES string of the molecule is CCCOc1ccc2c(c1)CCN=C2C=Cc1ccc([N+](=O)[O-])o1. The number of furan rings is 1. The molecule has 3 rings (SSSR count). The summed E-state index contributed by atoms with van der Waals surface area (Å²) in [6.07, 6.45) is 5.37. The van der Waals surface area contributed by atoms with Crippen LogP contribution < -0.4 is 4.74 Å². The number of allylic oxidation sites excluding steroid dienone is 1. The van der Waals surface area contributed by atoms with Crippen molar-refractivity contribution in [1.82, 2.24) is 0 Å². The first-order chi connectivity index (χ1) is 11.7. The van der Waals surface area contributed by atoms with Crippen LogP contribution in [0.15, 0.2) is 45.8 Å². The van der Waals surface area contributed by atoms with E-state index >= 15 is 0 Å². The summed E-state index contributed by atoms with van der Waals surface area (Å²) < 4.78 is 10.8. The molecule has 0 atom stereocenters. The number of benzene rings is 1. The molecule has 2 aromatic rings. The second kappa shape index (κ2) is 7.12. The number of aliphatic imine (C=N–C) groups is 1. The van der Waals surface area contributed by atoms with Crippen LogP contribution in [0.2, 0.25) is 0 Å². The molecule has 1 aromatic heterocycles. The van der Waals surface area contributed by atoms with E-state index in [-0.39, 0.29) is 5.88 Å². The molecule has 0 amide bonds. The Hall–Kier alpha value is -2.89. The van der Waals surface area contributed by atoms with E-state index in [1.54, 1.807) is 12.1 Å². The van der Waals surface area contributed by atoms with Crippen LogP contribution in [0.25, 0.3) is 6.08 Å². The first-order valence-corrected chi connectivity index (χ1v) is 7.90. The van der Waals surface area contributed by atoms with Gasteiger partial charge < -0.3 is 9.15 Å². The van der Waals surface area contributed by atoms with Crippen LogP contribution in [0, 0.1) is 10.1 Å². The van der Waals surface area contributed by atoms with E-state index in [9.17, 15) is 10.1 Å². The van der Waals surface area contributed by atoms with Crippen molar-refractivity contribution in [2.75, 3.05) is 13.2 Å². The predicted molar refractivity (Wildman–Crippen MR) is 91.7 cm³/mol. The number of rotatable bonds is 6. The van der Waals surface area contributed by atoms with Gasteiger partial charge in [0.25, 0.3) is 0 Å². The number of nitrogens with zero attached hydrogens (tertiary/aromatic N) is 2. The second-order valence-electron chi connectivity index (χ2n) is 5.45. The Bertz CT molecular complexity index is 805. The Morgan fingerprint density at radius 1 is 1.33 bits per heavy atom. The van der Waals surface area contributed by atoms with Gasteiger partial charge in [0, 0.05) is 12.1 Å². The van der Waals surface area contributed by atoms with Crippen LogP contribution in [0.3, 0.4) is 0 Å². The first-order valence-electron chi connectivity index (χ1n) is 7.90. The van der Waals surface area contributed by atoms with Gasteiger partial charge in [0.15, 0.2) is 0 Å². The predicted octanol–water partition coefficient (Wildman–Crippen LogP) is 4.04. The maximum Gasteiger partial charge on any atom is 0.433 e. The van der Waals surface area contributed by atoms with Gasteiger partial charge in [0.2, 0.25) is 0 Å². The molecule has 0 saturated carbocycles. The monoisotopic (exact) mass is 326 g/mol. The number of nitro groups is 1. The molecule has 0 bridgehead atoms. The summed E-state index contributed by atoms with van der Waals surface area (Å²) in [5.41, 5.74) is 3.10. The zero-order valence-corrected chi connectivity index (χ0v) is 13.4. The molecule has 1 aliphatic heterocycles. The molecule has 0 N–H and O–H groups in total. The lowest BCUT2D eigenvalue weighted by molar-refractivity contribution is -0.402. The quantitative estimate of drug-likeness (QED) is 0.593. The van der Waals surface area contributed by atoms with Gasteiger partial charge in [-0.25, -0.2) is 0 Å². The highest BCUT2D eigenvalue weighted by Gasteiger charge is 2.14. The zero-order chi connectivity index (χ0) is 16.9. The lowest BCUT2D eigenvalue weighted by Gasteiger charge is -2.16. The summed E-state index contributed by atoms with van der Waals surface area (Å²) >= 11 is 0. The number of hydrogen-bond donors (Lipinski definition) is 0. The molecule has 24 heavy (non-hydrogen) atoms. The maximum atomic E-state index is 10.6. The fourth-order valence-electron chi connectivity index (χ4n) is 2.55. The fraction of sp³-hybridized carbons (Fsp3) is 0.278. The molecule has 2 heterocycles. The highest BCUT2D eigenvalue weighted by molar-refractivity contribution is 6.12. The Morgan fingerprint density at radius 3 is 2.96 bits per heavy atom. The Kier molecular flexibility index (Phi) is 4.74. The normalized spacial score (nSPS) is 13.6. The maximum absolute atomic E-state index is 10.6. The summed E-state index contributed by atoms with van der Waals surface area (Å²) in [6.45, 7) is 3.49. The van der Waals surface area contributed by atoms with Crippen LogP contribution in [0.5, 0.6) is 5.75 Å². The van der Waals surface area contributed by atoms with Crippen molar-refractivity contribution in [3.63, 3.8) is 0 Å². The molecule has 0 radical (unpaired) electrons. The Labute approximate surface area is 139 Å². The number of fused-ring (bicyclic) bond motifs is 1. The van der Waals surface area contributed by atoms with Crippen molar-refractivity contribution in [1.29, 1.82) is 0 Å². The van der Waals surface area contributed by atoms with Crippen LogP contribution in [0.4, 0.5) is 5.88 Å². The molecule has 124 valence electrons. The molecule has 6 nitrogen and oxygen atoms in total. The largest absolute Gasteiger partial charge is 0.494 e. The van der Waals surface area contributed by atoms with Gasteiger partial charge >= 0.3 is 5.88 Å². The summed E-state index contributed by atoms with van der Waals surface area (Å²) in [5, 5.41) is 10.6. The minimum Gasteiger partial charge on any atom is -0.494 e. The summed E-state index contributed by atoms with van der Waals surface area (Å²) in [6, 6.07) is 8.92. The summed E-state index contributed by atoms with van der Waals surface area (Å²) in [7, 11) is 0. The minimum absolute atomic E-state index is 0.265.